The zero-order chi connectivity index (χ0) is 13.1. The molecule has 17 heavy (non-hydrogen) atoms. The molecule has 0 aliphatic rings. The summed E-state index contributed by atoms with van der Waals surface area (Å²) in [5.41, 5.74) is -0.883. The number of carbonyl (C=O) groups is 1. The quantitative estimate of drug-likeness (QED) is 0.856. The van der Waals surface area contributed by atoms with Gasteiger partial charge in [-0.25, -0.2) is 0 Å². The van der Waals surface area contributed by atoms with Crippen LogP contribution in [-0.2, 0) is 11.0 Å². The number of benzene rings is 1. The van der Waals surface area contributed by atoms with Crippen molar-refractivity contribution in [1.29, 1.82) is 0 Å². The van der Waals surface area contributed by atoms with Crippen molar-refractivity contribution in [3.8, 4) is 0 Å². The average molecular weight is 268 g/mol. The molecule has 0 aromatic heterocycles. The summed E-state index contributed by atoms with van der Waals surface area (Å²) in [4.78, 5) is 11.2. The number of likely N-dealkylation sites (N-methyl/N-ethyl adjacent to an activating group) is 1. The van der Waals surface area contributed by atoms with Gasteiger partial charge in [0.1, 0.15) is 0 Å². The molecule has 3 N–H and O–H groups in total. The second-order valence-electron chi connectivity index (χ2n) is 3.35. The van der Waals surface area contributed by atoms with Crippen LogP contribution in [-0.4, -0.2) is 19.5 Å². The summed E-state index contributed by atoms with van der Waals surface area (Å²) in [7, 11) is 1.68. The van der Waals surface area contributed by atoms with E-state index in [1.165, 1.54) is 6.07 Å². The van der Waals surface area contributed by atoms with Crippen LogP contribution >= 0.6 is 11.6 Å². The first-order chi connectivity index (χ1) is 7.84. The van der Waals surface area contributed by atoms with Gasteiger partial charge in [0.05, 0.1) is 17.6 Å². The summed E-state index contributed by atoms with van der Waals surface area (Å²) in [6.07, 6.45) is -4.53. The number of anilines is 1. The van der Waals surface area contributed by atoms with Gasteiger partial charge in [0.2, 0.25) is 0 Å². The minimum Gasteiger partial charge on any atom is -0.341 e. The number of hydrogen-bond acceptors (Lipinski definition) is 1. The second kappa shape index (κ2) is 5.37. The first-order valence-electron chi connectivity index (χ1n) is 4.79. The van der Waals surface area contributed by atoms with Gasteiger partial charge in [-0.2, -0.15) is 13.2 Å². The molecule has 0 saturated carbocycles. The zero-order valence-corrected chi connectivity index (χ0v) is 9.69. The maximum absolute atomic E-state index is 12.5. The van der Waals surface area contributed by atoms with E-state index in [0.29, 0.717) is 0 Å². The molecule has 0 aliphatic carbocycles. The van der Waals surface area contributed by atoms with Crippen LogP contribution in [0.4, 0.5) is 18.9 Å². The number of halogens is 4. The van der Waals surface area contributed by atoms with Crippen LogP contribution in [0.1, 0.15) is 5.56 Å². The lowest BCUT2D eigenvalue weighted by atomic mass is 10.2. The van der Waals surface area contributed by atoms with E-state index in [2.05, 4.69) is 5.32 Å². The number of rotatable bonds is 3. The first-order valence-corrected chi connectivity index (χ1v) is 5.17. The third-order valence-electron chi connectivity index (χ3n) is 1.95. The summed E-state index contributed by atoms with van der Waals surface area (Å²) < 4.78 is 37.5. The van der Waals surface area contributed by atoms with Crippen molar-refractivity contribution in [3.63, 3.8) is 0 Å². The largest absolute Gasteiger partial charge is 0.417 e. The van der Waals surface area contributed by atoms with E-state index < -0.39 is 16.8 Å². The van der Waals surface area contributed by atoms with Crippen molar-refractivity contribution in [1.82, 2.24) is 0 Å². The number of nitrogens with two attached hydrogens (primary N) is 1. The molecule has 94 valence electrons. The van der Waals surface area contributed by atoms with Gasteiger partial charge in [-0.05, 0) is 18.2 Å². The van der Waals surface area contributed by atoms with E-state index in [1.54, 1.807) is 12.4 Å². The molecular weight excluding hydrogens is 257 g/mol. The van der Waals surface area contributed by atoms with Crippen LogP contribution in [0.3, 0.4) is 0 Å². The van der Waals surface area contributed by atoms with Crippen LogP contribution < -0.4 is 10.6 Å². The van der Waals surface area contributed by atoms with Crippen molar-refractivity contribution in [2.24, 2.45) is 0 Å². The molecule has 1 rings (SSSR count). The molecule has 1 amide bonds. The van der Waals surface area contributed by atoms with Gasteiger partial charge in [-0.15, -0.1) is 0 Å². The fourth-order valence-electron chi connectivity index (χ4n) is 1.22. The van der Waals surface area contributed by atoms with Gasteiger partial charge in [0.25, 0.3) is 5.91 Å². The Labute approximate surface area is 101 Å². The van der Waals surface area contributed by atoms with Crippen LogP contribution in [0, 0.1) is 0 Å². The molecule has 0 saturated heterocycles. The number of hydrogen-bond donors (Lipinski definition) is 2. The number of alkyl halides is 3. The van der Waals surface area contributed by atoms with E-state index in [1.807, 2.05) is 0 Å². The fraction of sp³-hybridized carbons (Fsp3) is 0.300. The van der Waals surface area contributed by atoms with Gasteiger partial charge in [0, 0.05) is 5.69 Å². The molecule has 1 aromatic rings. The van der Waals surface area contributed by atoms with Crippen molar-refractivity contribution in [2.45, 2.75) is 6.18 Å². The van der Waals surface area contributed by atoms with E-state index >= 15 is 0 Å². The molecular formula is C10H11ClF3N2O+. The van der Waals surface area contributed by atoms with E-state index in [9.17, 15) is 18.0 Å². The summed E-state index contributed by atoms with van der Waals surface area (Å²) in [5, 5.41) is 3.57. The molecule has 0 fully saturated rings. The van der Waals surface area contributed by atoms with Crippen LogP contribution in [0.2, 0.25) is 5.02 Å². The predicted octanol–water partition coefficient (Wildman–Crippen LogP) is 1.49. The van der Waals surface area contributed by atoms with Crippen LogP contribution in [0.5, 0.6) is 0 Å². The number of nitrogens with one attached hydrogen (secondary N) is 1. The molecule has 7 heteroatoms. The second-order valence-corrected chi connectivity index (χ2v) is 3.76. The Hall–Kier alpha value is -1.27. The minimum absolute atomic E-state index is 0.0774. The Morgan fingerprint density at radius 3 is 2.65 bits per heavy atom. The number of carbonyl (C=O) groups excluding carboxylic acids is 1. The lowest BCUT2D eigenvalue weighted by Gasteiger charge is -2.11. The SMILES string of the molecule is C[NH2+]CC(=O)Nc1ccc(Cl)c(C(F)(F)F)c1. The highest BCUT2D eigenvalue weighted by atomic mass is 35.5. The van der Waals surface area contributed by atoms with Gasteiger partial charge >= 0.3 is 6.18 Å². The van der Waals surface area contributed by atoms with Crippen LogP contribution in [0.25, 0.3) is 0 Å². The standard InChI is InChI=1S/C10H10ClF3N2O/c1-15-5-9(17)16-6-2-3-8(11)7(4-6)10(12,13)14/h2-4,15H,5H2,1H3,(H,16,17)/p+1. The summed E-state index contributed by atoms with van der Waals surface area (Å²) >= 11 is 5.44. The highest BCUT2D eigenvalue weighted by Gasteiger charge is 2.33. The Morgan fingerprint density at radius 2 is 2.12 bits per heavy atom. The normalized spacial score (nSPS) is 11.4. The van der Waals surface area contributed by atoms with E-state index in [-0.39, 0.29) is 18.1 Å². The summed E-state index contributed by atoms with van der Waals surface area (Å²) in [6.45, 7) is 0.143. The number of amides is 1. The third kappa shape index (κ3) is 3.90. The molecule has 0 atom stereocenters. The zero-order valence-electron chi connectivity index (χ0n) is 8.94. The Morgan fingerprint density at radius 1 is 1.47 bits per heavy atom. The van der Waals surface area contributed by atoms with Gasteiger partial charge in [0.15, 0.2) is 6.54 Å². The molecule has 0 heterocycles. The van der Waals surface area contributed by atoms with E-state index in [4.69, 9.17) is 11.6 Å². The fourth-order valence-corrected chi connectivity index (χ4v) is 1.44. The van der Waals surface area contributed by atoms with Gasteiger partial charge in [-0.3, -0.25) is 4.79 Å². The molecule has 0 spiro atoms. The van der Waals surface area contributed by atoms with Gasteiger partial charge < -0.3 is 10.6 Å². The van der Waals surface area contributed by atoms with E-state index in [0.717, 1.165) is 12.1 Å². The average Bonchev–Trinajstić information content (AvgIpc) is 2.19. The Kier molecular flexibility index (Phi) is 4.36. The molecule has 0 unspecified atom stereocenters. The summed E-state index contributed by atoms with van der Waals surface area (Å²) in [6, 6.07) is 3.25. The minimum atomic E-state index is -4.53. The first kappa shape index (κ1) is 13.8. The number of quaternary nitrogens is 1. The Balaban J connectivity index is 2.93. The van der Waals surface area contributed by atoms with Crippen molar-refractivity contribution >= 4 is 23.2 Å². The lowest BCUT2D eigenvalue weighted by Crippen LogP contribution is -2.82. The maximum atomic E-state index is 12.5. The summed E-state index contributed by atoms with van der Waals surface area (Å²) in [5.74, 6) is -0.372. The topological polar surface area (TPSA) is 45.7 Å². The highest BCUT2D eigenvalue weighted by molar-refractivity contribution is 6.31. The van der Waals surface area contributed by atoms with Crippen molar-refractivity contribution in [2.75, 3.05) is 18.9 Å². The highest BCUT2D eigenvalue weighted by Crippen LogP contribution is 2.36. The Bertz CT molecular complexity index is 421. The molecule has 1 aromatic carbocycles. The smallest absolute Gasteiger partial charge is 0.341 e. The molecule has 0 aliphatic heterocycles. The van der Waals surface area contributed by atoms with Crippen molar-refractivity contribution < 1.29 is 23.3 Å². The third-order valence-corrected chi connectivity index (χ3v) is 2.27. The monoisotopic (exact) mass is 267 g/mol. The lowest BCUT2D eigenvalue weighted by molar-refractivity contribution is -0.615. The molecule has 0 radical (unpaired) electrons. The van der Waals surface area contributed by atoms with Gasteiger partial charge in [-0.1, -0.05) is 11.6 Å². The maximum Gasteiger partial charge on any atom is 0.417 e. The van der Waals surface area contributed by atoms with Crippen molar-refractivity contribution in [3.05, 3.63) is 28.8 Å². The predicted molar refractivity (Wildman–Crippen MR) is 57.8 cm³/mol. The van der Waals surface area contributed by atoms with Crippen LogP contribution in [0.15, 0.2) is 18.2 Å². The molecule has 0 bridgehead atoms. The molecule has 3 nitrogen and oxygen atoms in total.